The molecule has 120 valence electrons. The number of benzene rings is 1. The summed E-state index contributed by atoms with van der Waals surface area (Å²) in [6, 6.07) is 6.10. The van der Waals surface area contributed by atoms with Crippen molar-refractivity contribution in [3.05, 3.63) is 52.2 Å². The lowest BCUT2D eigenvalue weighted by molar-refractivity contribution is 0.148. The number of nitrogens with zero attached hydrogens (tertiary/aromatic N) is 4. The molecule has 0 saturated heterocycles. The Hall–Kier alpha value is -2.47. The lowest BCUT2D eigenvalue weighted by Gasteiger charge is -2.10. The van der Waals surface area contributed by atoms with Gasteiger partial charge in [0, 0.05) is 0 Å². The second-order valence-electron chi connectivity index (χ2n) is 5.90. The van der Waals surface area contributed by atoms with Gasteiger partial charge in [0.1, 0.15) is 11.7 Å². The summed E-state index contributed by atoms with van der Waals surface area (Å²) in [6.45, 7) is 6.16. The quantitative estimate of drug-likeness (QED) is 0.799. The van der Waals surface area contributed by atoms with Crippen molar-refractivity contribution in [3.8, 4) is 5.69 Å². The first-order valence-electron chi connectivity index (χ1n) is 7.69. The Kier molecular flexibility index (Phi) is 4.00. The van der Waals surface area contributed by atoms with Gasteiger partial charge in [0.25, 0.3) is 5.56 Å². The minimum atomic E-state index is -0.554. The maximum Gasteiger partial charge on any atom is 0.264 e. The molecule has 6 heteroatoms. The molecule has 0 spiro atoms. The number of fused-ring (bicyclic) bond motifs is 1. The Morgan fingerprint density at radius 2 is 1.91 bits per heavy atom. The number of aliphatic hydroxyl groups is 1. The normalized spacial score (nSPS) is 12.7. The van der Waals surface area contributed by atoms with Gasteiger partial charge in [0.2, 0.25) is 0 Å². The molecule has 0 bridgehead atoms. The van der Waals surface area contributed by atoms with Crippen molar-refractivity contribution in [1.29, 1.82) is 0 Å². The lowest BCUT2D eigenvalue weighted by atomic mass is 10.1. The molecule has 0 aliphatic heterocycles. The Balaban J connectivity index is 2.12. The molecule has 23 heavy (non-hydrogen) atoms. The van der Waals surface area contributed by atoms with Gasteiger partial charge in [-0.25, -0.2) is 9.67 Å². The Morgan fingerprint density at radius 1 is 1.22 bits per heavy atom. The van der Waals surface area contributed by atoms with E-state index >= 15 is 0 Å². The van der Waals surface area contributed by atoms with Crippen LogP contribution < -0.4 is 5.56 Å². The molecule has 3 aromatic rings. The first-order chi connectivity index (χ1) is 11.0. The van der Waals surface area contributed by atoms with Crippen LogP contribution in [0.4, 0.5) is 0 Å². The van der Waals surface area contributed by atoms with Gasteiger partial charge in [-0.05, 0) is 43.5 Å². The smallest absolute Gasteiger partial charge is 0.264 e. The highest BCUT2D eigenvalue weighted by Crippen LogP contribution is 2.17. The fourth-order valence-corrected chi connectivity index (χ4v) is 2.70. The highest BCUT2D eigenvalue weighted by molar-refractivity contribution is 5.75. The van der Waals surface area contributed by atoms with E-state index in [-0.39, 0.29) is 12.1 Å². The van der Waals surface area contributed by atoms with Crippen LogP contribution in [0.15, 0.2) is 35.5 Å². The Morgan fingerprint density at radius 3 is 2.57 bits per heavy atom. The van der Waals surface area contributed by atoms with E-state index < -0.39 is 6.10 Å². The summed E-state index contributed by atoms with van der Waals surface area (Å²) < 4.78 is 3.11. The predicted octanol–water partition coefficient (Wildman–Crippen LogP) is 1.97. The van der Waals surface area contributed by atoms with Crippen molar-refractivity contribution in [2.75, 3.05) is 0 Å². The van der Waals surface area contributed by atoms with Crippen molar-refractivity contribution in [1.82, 2.24) is 19.3 Å². The van der Waals surface area contributed by atoms with Crippen LogP contribution in [-0.4, -0.2) is 30.5 Å². The molecule has 0 saturated carbocycles. The van der Waals surface area contributed by atoms with Gasteiger partial charge in [-0.2, -0.15) is 5.10 Å². The molecule has 6 nitrogen and oxygen atoms in total. The van der Waals surface area contributed by atoms with Crippen molar-refractivity contribution >= 4 is 11.0 Å². The van der Waals surface area contributed by atoms with Gasteiger partial charge in [-0.3, -0.25) is 9.36 Å². The summed E-state index contributed by atoms with van der Waals surface area (Å²) in [5.41, 5.74) is 3.49. The molecule has 0 radical (unpaired) electrons. The van der Waals surface area contributed by atoms with Gasteiger partial charge < -0.3 is 5.11 Å². The highest BCUT2D eigenvalue weighted by atomic mass is 16.3. The van der Waals surface area contributed by atoms with E-state index in [9.17, 15) is 9.90 Å². The molecule has 0 fully saturated rings. The number of aryl methyl sites for hydroxylation is 2. The third-order valence-corrected chi connectivity index (χ3v) is 3.88. The van der Waals surface area contributed by atoms with E-state index in [4.69, 9.17) is 0 Å². The van der Waals surface area contributed by atoms with Crippen LogP contribution in [0.25, 0.3) is 16.7 Å². The number of aromatic nitrogens is 4. The standard InChI is InChI=1S/C17H20N4O2/c1-4-14(22)9-20-10-18-16-15(17(20)23)8-19-21(16)13-6-11(2)5-12(3)7-13/h5-8,10,14,22H,4,9H2,1-3H3. The Bertz CT molecular complexity index is 890. The van der Waals surface area contributed by atoms with Crippen molar-refractivity contribution in [3.63, 3.8) is 0 Å². The number of hydrogen-bond acceptors (Lipinski definition) is 4. The van der Waals surface area contributed by atoms with E-state index in [2.05, 4.69) is 16.1 Å². The number of rotatable bonds is 4. The fourth-order valence-electron chi connectivity index (χ4n) is 2.70. The van der Waals surface area contributed by atoms with Gasteiger partial charge in [-0.15, -0.1) is 0 Å². The van der Waals surface area contributed by atoms with Crippen LogP contribution in [0, 0.1) is 13.8 Å². The minimum absolute atomic E-state index is 0.182. The van der Waals surface area contributed by atoms with E-state index in [0.717, 1.165) is 16.8 Å². The van der Waals surface area contributed by atoms with Crippen molar-refractivity contribution in [2.24, 2.45) is 0 Å². The zero-order valence-electron chi connectivity index (χ0n) is 13.5. The van der Waals surface area contributed by atoms with Gasteiger partial charge >= 0.3 is 0 Å². The largest absolute Gasteiger partial charge is 0.391 e. The lowest BCUT2D eigenvalue weighted by Crippen LogP contribution is -2.26. The van der Waals surface area contributed by atoms with Gasteiger partial charge in [0.05, 0.1) is 24.5 Å². The molecule has 3 rings (SSSR count). The van der Waals surface area contributed by atoms with Crippen molar-refractivity contribution in [2.45, 2.75) is 39.8 Å². The molecule has 0 amide bonds. The highest BCUT2D eigenvalue weighted by Gasteiger charge is 2.13. The first kappa shape index (κ1) is 15.4. The SMILES string of the molecule is CCC(O)Cn1cnc2c(cnn2-c2cc(C)cc(C)c2)c1=O. The first-order valence-corrected chi connectivity index (χ1v) is 7.69. The third-order valence-electron chi connectivity index (χ3n) is 3.88. The monoisotopic (exact) mass is 312 g/mol. The molecule has 1 unspecified atom stereocenters. The van der Waals surface area contributed by atoms with E-state index in [1.54, 1.807) is 4.68 Å². The second-order valence-corrected chi connectivity index (χ2v) is 5.90. The molecule has 1 N–H and O–H groups in total. The summed E-state index contributed by atoms with van der Waals surface area (Å²) >= 11 is 0. The van der Waals surface area contributed by atoms with Crippen LogP contribution in [0.5, 0.6) is 0 Å². The van der Waals surface area contributed by atoms with Crippen LogP contribution >= 0.6 is 0 Å². The maximum absolute atomic E-state index is 12.5. The second kappa shape index (κ2) is 5.96. The zero-order chi connectivity index (χ0) is 16.6. The molecule has 1 aromatic carbocycles. The molecule has 2 heterocycles. The summed E-state index contributed by atoms with van der Waals surface area (Å²) in [5.74, 6) is 0. The summed E-state index contributed by atoms with van der Waals surface area (Å²) in [6.07, 6.45) is 3.05. The molecule has 2 aromatic heterocycles. The van der Waals surface area contributed by atoms with E-state index in [0.29, 0.717) is 17.5 Å². The molecular weight excluding hydrogens is 292 g/mol. The molecule has 0 aliphatic carbocycles. The minimum Gasteiger partial charge on any atom is -0.391 e. The summed E-state index contributed by atoms with van der Waals surface area (Å²) in [4.78, 5) is 16.9. The van der Waals surface area contributed by atoms with Crippen molar-refractivity contribution < 1.29 is 5.11 Å². The van der Waals surface area contributed by atoms with Gasteiger partial charge in [-0.1, -0.05) is 13.0 Å². The predicted molar refractivity (Wildman–Crippen MR) is 88.9 cm³/mol. The Labute approximate surface area is 134 Å². The third kappa shape index (κ3) is 2.90. The molecule has 0 aliphatic rings. The molecule has 1 atom stereocenters. The number of aliphatic hydroxyl groups excluding tert-OH is 1. The number of hydrogen-bond donors (Lipinski definition) is 1. The van der Waals surface area contributed by atoms with Crippen LogP contribution in [-0.2, 0) is 6.54 Å². The zero-order valence-corrected chi connectivity index (χ0v) is 13.5. The van der Waals surface area contributed by atoms with Crippen LogP contribution in [0.2, 0.25) is 0 Å². The van der Waals surface area contributed by atoms with Gasteiger partial charge in [0.15, 0.2) is 5.65 Å². The average Bonchev–Trinajstić information content (AvgIpc) is 2.93. The molecular formula is C17H20N4O2. The summed E-state index contributed by atoms with van der Waals surface area (Å²) in [7, 11) is 0. The maximum atomic E-state index is 12.5. The summed E-state index contributed by atoms with van der Waals surface area (Å²) in [5, 5.41) is 14.5. The fraction of sp³-hybridized carbons (Fsp3) is 0.353. The topological polar surface area (TPSA) is 72.9 Å². The van der Waals surface area contributed by atoms with E-state index in [1.165, 1.54) is 17.1 Å². The van der Waals surface area contributed by atoms with Crippen LogP contribution in [0.3, 0.4) is 0 Å². The average molecular weight is 312 g/mol. The van der Waals surface area contributed by atoms with E-state index in [1.807, 2.05) is 32.9 Å². The van der Waals surface area contributed by atoms with Crippen LogP contribution in [0.1, 0.15) is 24.5 Å².